The number of thioether (sulfide) groups is 1. The lowest BCUT2D eigenvalue weighted by atomic mass is 10.2. The first-order valence-electron chi connectivity index (χ1n) is 8.06. The minimum absolute atomic E-state index is 0.226. The summed E-state index contributed by atoms with van der Waals surface area (Å²) in [5.74, 6) is -0.226. The van der Waals surface area contributed by atoms with E-state index in [1.165, 1.54) is 23.9 Å². The van der Waals surface area contributed by atoms with Crippen LogP contribution < -0.4 is 5.32 Å². The number of benzene rings is 2. The maximum atomic E-state index is 12.6. The number of halogens is 3. The molecule has 0 aliphatic rings. The van der Waals surface area contributed by atoms with Crippen LogP contribution in [0, 0.1) is 0 Å². The second-order valence-corrected chi connectivity index (χ2v) is 8.40. The highest BCUT2D eigenvalue weighted by Gasteiger charge is 2.20. The number of imidazole rings is 1. The van der Waals surface area contributed by atoms with E-state index in [2.05, 4.69) is 10.3 Å². The van der Waals surface area contributed by atoms with Crippen LogP contribution in [0.3, 0.4) is 0 Å². The van der Waals surface area contributed by atoms with Crippen LogP contribution >= 0.6 is 46.6 Å². The maximum absolute atomic E-state index is 12.6. The van der Waals surface area contributed by atoms with Crippen molar-refractivity contribution in [2.24, 2.45) is 7.05 Å². The zero-order valence-electron chi connectivity index (χ0n) is 14.5. The van der Waals surface area contributed by atoms with E-state index >= 15 is 0 Å². The van der Waals surface area contributed by atoms with Crippen molar-refractivity contribution in [2.45, 2.75) is 17.3 Å². The summed E-state index contributed by atoms with van der Waals surface area (Å²) in [7, 11) is 1.93. The Morgan fingerprint density at radius 3 is 2.41 bits per heavy atom. The van der Waals surface area contributed by atoms with Gasteiger partial charge in [-0.1, -0.05) is 76.9 Å². The molecule has 8 heteroatoms. The third kappa shape index (κ3) is 4.61. The quantitative estimate of drug-likeness (QED) is 0.483. The second-order valence-electron chi connectivity index (χ2n) is 5.84. The first-order chi connectivity index (χ1) is 12.9. The number of carbonyl (C=O) groups is 1. The third-order valence-corrected chi connectivity index (χ3v) is 5.89. The largest absolute Gasteiger partial charge is 0.323 e. The Labute approximate surface area is 176 Å². The van der Waals surface area contributed by atoms with Crippen molar-refractivity contribution in [1.29, 1.82) is 0 Å². The molecule has 0 radical (unpaired) electrons. The van der Waals surface area contributed by atoms with Gasteiger partial charge in [-0.05, 0) is 24.6 Å². The molecule has 0 bridgehead atoms. The summed E-state index contributed by atoms with van der Waals surface area (Å²) in [6.07, 6.45) is 1.80. The smallest absolute Gasteiger partial charge is 0.237 e. The molecule has 0 fully saturated rings. The van der Waals surface area contributed by atoms with E-state index in [1.807, 2.05) is 41.9 Å². The molecule has 3 rings (SSSR count). The van der Waals surface area contributed by atoms with Crippen molar-refractivity contribution in [1.82, 2.24) is 9.55 Å². The number of nitrogens with one attached hydrogen (secondary N) is 1. The van der Waals surface area contributed by atoms with Gasteiger partial charge in [0.2, 0.25) is 5.91 Å². The molecule has 1 heterocycles. The van der Waals surface area contributed by atoms with Crippen molar-refractivity contribution >= 4 is 58.2 Å². The minimum Gasteiger partial charge on any atom is -0.323 e. The van der Waals surface area contributed by atoms with Gasteiger partial charge in [-0.15, -0.1) is 0 Å². The van der Waals surface area contributed by atoms with Crippen LogP contribution in [0.2, 0.25) is 15.1 Å². The van der Waals surface area contributed by atoms with Crippen LogP contribution in [0.25, 0.3) is 11.3 Å². The summed E-state index contributed by atoms with van der Waals surface area (Å²) in [6.45, 7) is 1.80. The zero-order valence-corrected chi connectivity index (χ0v) is 17.6. The SMILES string of the molecule is CC(Sc1ncc(-c2ccccc2)n1C)C(=O)Nc1c(Cl)cc(Cl)cc1Cl. The molecule has 4 nitrogen and oxygen atoms in total. The Morgan fingerprint density at radius 1 is 1.15 bits per heavy atom. The topological polar surface area (TPSA) is 46.9 Å². The summed E-state index contributed by atoms with van der Waals surface area (Å²) in [4.78, 5) is 17.0. The fourth-order valence-electron chi connectivity index (χ4n) is 2.48. The number of nitrogens with zero attached hydrogens (tertiary/aromatic N) is 2. The van der Waals surface area contributed by atoms with Gasteiger partial charge in [-0.2, -0.15) is 0 Å². The fraction of sp³-hybridized carbons (Fsp3) is 0.158. The van der Waals surface area contributed by atoms with Gasteiger partial charge in [0.1, 0.15) is 0 Å². The highest BCUT2D eigenvalue weighted by atomic mass is 35.5. The van der Waals surface area contributed by atoms with Gasteiger partial charge in [-0.25, -0.2) is 4.98 Å². The van der Waals surface area contributed by atoms with Gasteiger partial charge in [0.05, 0.1) is 32.9 Å². The van der Waals surface area contributed by atoms with E-state index in [0.29, 0.717) is 20.8 Å². The van der Waals surface area contributed by atoms with E-state index in [0.717, 1.165) is 16.4 Å². The highest BCUT2D eigenvalue weighted by molar-refractivity contribution is 8.00. The summed E-state index contributed by atoms with van der Waals surface area (Å²) < 4.78 is 1.96. The van der Waals surface area contributed by atoms with Crippen LogP contribution in [0.4, 0.5) is 5.69 Å². The average Bonchev–Trinajstić information content (AvgIpc) is 2.99. The second kappa shape index (κ2) is 8.57. The van der Waals surface area contributed by atoms with Crippen LogP contribution in [0.5, 0.6) is 0 Å². The Bertz CT molecular complexity index is 953. The average molecular weight is 441 g/mol. The van der Waals surface area contributed by atoms with Crippen LogP contribution in [-0.4, -0.2) is 20.7 Å². The Kier molecular flexibility index (Phi) is 6.37. The Morgan fingerprint density at radius 2 is 1.78 bits per heavy atom. The van der Waals surface area contributed by atoms with Crippen molar-refractivity contribution < 1.29 is 4.79 Å². The van der Waals surface area contributed by atoms with Gasteiger partial charge in [0, 0.05) is 12.1 Å². The normalized spacial score (nSPS) is 12.0. The van der Waals surface area contributed by atoms with E-state index in [1.54, 1.807) is 13.1 Å². The lowest BCUT2D eigenvalue weighted by Gasteiger charge is -2.14. The minimum atomic E-state index is -0.405. The molecule has 0 spiro atoms. The molecule has 0 saturated carbocycles. The molecule has 0 aliphatic heterocycles. The number of carbonyl (C=O) groups excluding carboxylic acids is 1. The monoisotopic (exact) mass is 439 g/mol. The highest BCUT2D eigenvalue weighted by Crippen LogP contribution is 2.34. The predicted octanol–water partition coefficient (Wildman–Crippen LogP) is 6.17. The third-order valence-electron chi connectivity index (χ3n) is 3.92. The van der Waals surface area contributed by atoms with Gasteiger partial charge >= 0.3 is 0 Å². The molecular formula is C19H16Cl3N3OS. The number of aromatic nitrogens is 2. The molecule has 1 unspecified atom stereocenters. The lowest BCUT2D eigenvalue weighted by molar-refractivity contribution is -0.115. The van der Waals surface area contributed by atoms with E-state index in [4.69, 9.17) is 34.8 Å². The van der Waals surface area contributed by atoms with Crippen molar-refractivity contribution in [2.75, 3.05) is 5.32 Å². The molecule has 1 atom stereocenters. The van der Waals surface area contributed by atoms with Gasteiger partial charge < -0.3 is 9.88 Å². The molecule has 27 heavy (non-hydrogen) atoms. The summed E-state index contributed by atoms with van der Waals surface area (Å²) >= 11 is 19.5. The van der Waals surface area contributed by atoms with Crippen LogP contribution in [0.1, 0.15) is 6.92 Å². The number of anilines is 1. The standard InChI is InChI=1S/C19H16Cl3N3OS/c1-11(18(26)24-17-14(21)8-13(20)9-15(17)22)27-19-23-10-16(25(19)2)12-6-4-3-5-7-12/h3-11H,1-2H3,(H,24,26). The zero-order chi connectivity index (χ0) is 19.6. The number of hydrogen-bond acceptors (Lipinski definition) is 3. The molecule has 1 amide bonds. The Hall–Kier alpha value is -1.66. The molecular weight excluding hydrogens is 425 g/mol. The van der Waals surface area contributed by atoms with Gasteiger partial charge in [0.15, 0.2) is 5.16 Å². The number of hydrogen-bond donors (Lipinski definition) is 1. The summed E-state index contributed by atoms with van der Waals surface area (Å²) in [5, 5.41) is 4.09. The van der Waals surface area contributed by atoms with Gasteiger partial charge in [-0.3, -0.25) is 4.79 Å². The van der Waals surface area contributed by atoms with E-state index in [-0.39, 0.29) is 5.91 Å². The molecule has 3 aromatic rings. The lowest BCUT2D eigenvalue weighted by Crippen LogP contribution is -2.23. The fourth-order valence-corrected chi connectivity index (χ4v) is 4.24. The van der Waals surface area contributed by atoms with Crippen LogP contribution in [-0.2, 0) is 11.8 Å². The first-order valence-corrected chi connectivity index (χ1v) is 10.1. The predicted molar refractivity (Wildman–Crippen MR) is 114 cm³/mol. The number of rotatable bonds is 5. The van der Waals surface area contributed by atoms with Crippen LogP contribution in [0.15, 0.2) is 53.8 Å². The molecule has 1 aromatic heterocycles. The molecule has 0 aliphatic carbocycles. The van der Waals surface area contributed by atoms with Gasteiger partial charge in [0.25, 0.3) is 0 Å². The Balaban J connectivity index is 1.73. The maximum Gasteiger partial charge on any atom is 0.237 e. The summed E-state index contributed by atoms with van der Waals surface area (Å²) in [5.41, 5.74) is 2.40. The summed E-state index contributed by atoms with van der Waals surface area (Å²) in [6, 6.07) is 13.0. The first kappa shape index (κ1) is 20.1. The van der Waals surface area contributed by atoms with E-state index < -0.39 is 5.25 Å². The van der Waals surface area contributed by atoms with E-state index in [9.17, 15) is 4.79 Å². The molecule has 2 aromatic carbocycles. The molecule has 1 N–H and O–H groups in total. The number of amides is 1. The van der Waals surface area contributed by atoms with Crippen molar-refractivity contribution in [3.63, 3.8) is 0 Å². The molecule has 140 valence electrons. The van der Waals surface area contributed by atoms with Crippen molar-refractivity contribution in [3.05, 3.63) is 63.7 Å². The van der Waals surface area contributed by atoms with Crippen molar-refractivity contribution in [3.8, 4) is 11.3 Å². The molecule has 0 saturated heterocycles.